The molecule has 0 aliphatic rings. The van der Waals surface area contributed by atoms with Gasteiger partial charge in [-0.3, -0.25) is 4.72 Å². The lowest BCUT2D eigenvalue weighted by Crippen LogP contribution is -2.10. The number of nitrogens with zero attached hydrogens (tertiary/aromatic N) is 3. The third-order valence-electron chi connectivity index (χ3n) is 4.35. The van der Waals surface area contributed by atoms with E-state index >= 15 is 0 Å². The Balaban J connectivity index is 1.62. The lowest BCUT2D eigenvalue weighted by atomic mass is 10.1. The average molecular weight is 424 g/mol. The number of anilines is 4. The zero-order valence-corrected chi connectivity index (χ0v) is 17.2. The number of aromatic nitrogens is 4. The molecule has 0 saturated heterocycles. The van der Waals surface area contributed by atoms with E-state index in [2.05, 4.69) is 35.3 Å². The molecule has 0 aliphatic carbocycles. The second-order valence-corrected chi connectivity index (χ2v) is 8.60. The molecule has 0 saturated carbocycles. The molecule has 10 heteroatoms. The van der Waals surface area contributed by atoms with Crippen LogP contribution in [0.25, 0.3) is 11.2 Å². The lowest BCUT2D eigenvalue weighted by Gasteiger charge is -2.16. The molecule has 0 bridgehead atoms. The summed E-state index contributed by atoms with van der Waals surface area (Å²) in [4.78, 5) is 16.4. The van der Waals surface area contributed by atoms with Gasteiger partial charge in [-0.25, -0.2) is 13.4 Å². The van der Waals surface area contributed by atoms with Crippen LogP contribution in [-0.2, 0) is 10.0 Å². The highest BCUT2D eigenvalue weighted by atomic mass is 32.2. The van der Waals surface area contributed by atoms with Crippen molar-refractivity contribution in [2.45, 2.75) is 13.0 Å². The third-order valence-corrected chi connectivity index (χ3v) is 4.96. The number of sulfonamides is 1. The van der Waals surface area contributed by atoms with Crippen molar-refractivity contribution in [1.29, 1.82) is 0 Å². The normalized spacial score (nSPS) is 12.5. The van der Waals surface area contributed by atoms with Crippen LogP contribution in [0.1, 0.15) is 18.5 Å². The summed E-state index contributed by atoms with van der Waals surface area (Å²) in [6.07, 6.45) is 2.67. The molecule has 0 spiro atoms. The van der Waals surface area contributed by atoms with E-state index in [9.17, 15) is 8.42 Å². The summed E-state index contributed by atoms with van der Waals surface area (Å²) in [5.41, 5.74) is 3.43. The van der Waals surface area contributed by atoms with Gasteiger partial charge < -0.3 is 15.6 Å². The molecule has 2 aromatic carbocycles. The predicted octanol–water partition coefficient (Wildman–Crippen LogP) is 3.64. The van der Waals surface area contributed by atoms with Crippen molar-refractivity contribution in [3.05, 3.63) is 66.5 Å². The largest absolute Gasteiger partial charge is 0.362 e. The van der Waals surface area contributed by atoms with Crippen LogP contribution < -0.4 is 15.4 Å². The molecule has 4 rings (SSSR count). The third kappa shape index (κ3) is 4.66. The zero-order valence-electron chi connectivity index (χ0n) is 16.4. The molecular formula is C20H21N7O2S. The average Bonchev–Trinajstić information content (AvgIpc) is 3.16. The van der Waals surface area contributed by atoms with Gasteiger partial charge in [-0.1, -0.05) is 36.4 Å². The molecule has 0 fully saturated rings. The number of imidazole rings is 1. The second-order valence-electron chi connectivity index (χ2n) is 6.85. The number of rotatable bonds is 7. The maximum atomic E-state index is 11.5. The fraction of sp³-hybridized carbons (Fsp3) is 0.150. The van der Waals surface area contributed by atoms with E-state index in [4.69, 9.17) is 0 Å². The molecule has 0 amide bonds. The van der Waals surface area contributed by atoms with Crippen molar-refractivity contribution in [2.75, 3.05) is 21.6 Å². The number of aromatic amines is 1. The number of fused-ring (bicyclic) bond motifs is 1. The maximum Gasteiger partial charge on any atom is 0.231 e. The summed E-state index contributed by atoms with van der Waals surface area (Å²) < 4.78 is 25.4. The molecule has 2 heterocycles. The summed E-state index contributed by atoms with van der Waals surface area (Å²) in [5.74, 6) is 0.941. The highest BCUT2D eigenvalue weighted by molar-refractivity contribution is 7.92. The summed E-state index contributed by atoms with van der Waals surface area (Å²) >= 11 is 0. The van der Waals surface area contributed by atoms with E-state index < -0.39 is 10.0 Å². The fourth-order valence-corrected chi connectivity index (χ4v) is 3.58. The first-order valence-electron chi connectivity index (χ1n) is 9.25. The molecule has 0 radical (unpaired) electrons. The molecule has 1 atom stereocenters. The van der Waals surface area contributed by atoms with Gasteiger partial charge in [0.2, 0.25) is 16.0 Å². The summed E-state index contributed by atoms with van der Waals surface area (Å²) in [7, 11) is -3.37. The minimum Gasteiger partial charge on any atom is -0.362 e. The van der Waals surface area contributed by atoms with Crippen molar-refractivity contribution in [2.24, 2.45) is 0 Å². The Morgan fingerprint density at radius 3 is 2.53 bits per heavy atom. The SMILES string of the molecule is C[C@H](Nc1nc(Nc2cccc(NS(C)(=O)=O)c2)nc2[nH]cnc12)c1ccccc1. The number of nitrogens with one attached hydrogen (secondary N) is 4. The highest BCUT2D eigenvalue weighted by Crippen LogP contribution is 2.26. The van der Waals surface area contributed by atoms with Gasteiger partial charge in [-0.05, 0) is 30.7 Å². The summed E-state index contributed by atoms with van der Waals surface area (Å²) in [6.45, 7) is 2.05. The summed E-state index contributed by atoms with van der Waals surface area (Å²) in [5, 5.41) is 6.51. The van der Waals surface area contributed by atoms with E-state index in [1.54, 1.807) is 30.6 Å². The molecular weight excluding hydrogens is 402 g/mol. The Kier molecular flexibility index (Phi) is 5.23. The highest BCUT2D eigenvalue weighted by Gasteiger charge is 2.14. The molecule has 9 nitrogen and oxygen atoms in total. The molecule has 4 aromatic rings. The maximum absolute atomic E-state index is 11.5. The number of hydrogen-bond acceptors (Lipinski definition) is 7. The molecule has 30 heavy (non-hydrogen) atoms. The van der Waals surface area contributed by atoms with Crippen molar-refractivity contribution in [3.63, 3.8) is 0 Å². The van der Waals surface area contributed by atoms with Crippen LogP contribution in [0.3, 0.4) is 0 Å². The van der Waals surface area contributed by atoms with Crippen LogP contribution in [-0.4, -0.2) is 34.6 Å². The van der Waals surface area contributed by atoms with Crippen molar-refractivity contribution in [1.82, 2.24) is 19.9 Å². The smallest absolute Gasteiger partial charge is 0.231 e. The van der Waals surface area contributed by atoms with Crippen LogP contribution >= 0.6 is 0 Å². The Morgan fingerprint density at radius 2 is 1.77 bits per heavy atom. The topological polar surface area (TPSA) is 125 Å². The molecule has 0 unspecified atom stereocenters. The van der Waals surface area contributed by atoms with Gasteiger partial charge in [0.25, 0.3) is 0 Å². The first kappa shape index (κ1) is 19.6. The van der Waals surface area contributed by atoms with Gasteiger partial charge in [0.15, 0.2) is 11.5 Å². The van der Waals surface area contributed by atoms with Gasteiger partial charge in [0.05, 0.1) is 24.3 Å². The molecule has 2 aromatic heterocycles. The molecule has 4 N–H and O–H groups in total. The van der Waals surface area contributed by atoms with E-state index in [0.29, 0.717) is 34.3 Å². The van der Waals surface area contributed by atoms with Crippen LogP contribution in [0.15, 0.2) is 60.9 Å². The van der Waals surface area contributed by atoms with Gasteiger partial charge in [-0.15, -0.1) is 0 Å². The van der Waals surface area contributed by atoms with Crippen molar-refractivity contribution in [3.8, 4) is 0 Å². The van der Waals surface area contributed by atoms with Crippen molar-refractivity contribution < 1.29 is 8.42 Å². The van der Waals surface area contributed by atoms with Crippen molar-refractivity contribution >= 4 is 44.3 Å². The predicted molar refractivity (Wildman–Crippen MR) is 118 cm³/mol. The monoisotopic (exact) mass is 423 g/mol. The molecule has 0 aliphatic heterocycles. The number of benzene rings is 2. The Labute approximate surface area is 174 Å². The second kappa shape index (κ2) is 7.99. The van der Waals surface area contributed by atoms with Crippen LogP contribution in [0, 0.1) is 0 Å². The first-order chi connectivity index (χ1) is 14.4. The van der Waals surface area contributed by atoms with E-state index in [1.165, 1.54) is 0 Å². The number of H-pyrrole nitrogens is 1. The van der Waals surface area contributed by atoms with Gasteiger partial charge in [0.1, 0.15) is 5.52 Å². The number of hydrogen-bond donors (Lipinski definition) is 4. The Bertz CT molecular complexity index is 1270. The minimum atomic E-state index is -3.37. The Hall–Kier alpha value is -3.66. The van der Waals surface area contributed by atoms with Crippen LogP contribution in [0.4, 0.5) is 23.1 Å². The standard InChI is InChI=1S/C20H21N7O2S/c1-13(14-7-4-3-5-8-14)23-19-17-18(22-12-21-17)25-20(26-19)24-15-9-6-10-16(11-15)27-30(2,28)29/h3-13,27H,1-2H3,(H3,21,22,23,24,25,26)/t13-/m0/s1. The van der Waals surface area contributed by atoms with E-state index in [-0.39, 0.29) is 6.04 Å². The van der Waals surface area contributed by atoms with E-state index in [0.717, 1.165) is 11.8 Å². The summed E-state index contributed by atoms with van der Waals surface area (Å²) in [6, 6.07) is 16.9. The molecule has 154 valence electrons. The quantitative estimate of drug-likeness (QED) is 0.358. The van der Waals surface area contributed by atoms with Crippen LogP contribution in [0.5, 0.6) is 0 Å². The fourth-order valence-electron chi connectivity index (χ4n) is 3.03. The van der Waals surface area contributed by atoms with Gasteiger partial charge >= 0.3 is 0 Å². The van der Waals surface area contributed by atoms with Gasteiger partial charge in [-0.2, -0.15) is 9.97 Å². The zero-order chi connectivity index (χ0) is 21.1. The first-order valence-corrected chi connectivity index (χ1v) is 11.1. The van der Waals surface area contributed by atoms with Crippen LogP contribution in [0.2, 0.25) is 0 Å². The van der Waals surface area contributed by atoms with Gasteiger partial charge in [0, 0.05) is 5.69 Å². The minimum absolute atomic E-state index is 0.0103. The lowest BCUT2D eigenvalue weighted by molar-refractivity contribution is 0.607. The Morgan fingerprint density at radius 1 is 1.00 bits per heavy atom. The van der Waals surface area contributed by atoms with E-state index in [1.807, 2.05) is 37.3 Å².